The maximum atomic E-state index is 12.5. The summed E-state index contributed by atoms with van der Waals surface area (Å²) in [7, 11) is 1.49. The van der Waals surface area contributed by atoms with Crippen LogP contribution in [0.2, 0.25) is 0 Å². The van der Waals surface area contributed by atoms with Gasteiger partial charge in [0, 0.05) is 17.5 Å². The van der Waals surface area contributed by atoms with Gasteiger partial charge in [0.25, 0.3) is 9.70 Å². The number of amides is 1. The van der Waals surface area contributed by atoms with Crippen LogP contribution in [0, 0.1) is 6.92 Å². The van der Waals surface area contributed by atoms with E-state index in [-0.39, 0.29) is 36.7 Å². The SMILES string of the molecule is COc1c(C)c2c(c(NC(=O)C(Cl)(Cl)Cl)c1CC=C(C)CCC(=O)Oc1ccccc1)C(=O)OC2. The molecule has 0 fully saturated rings. The minimum Gasteiger partial charge on any atom is -0.496 e. The summed E-state index contributed by atoms with van der Waals surface area (Å²) in [4.78, 5) is 37.1. The molecule has 0 spiro atoms. The summed E-state index contributed by atoms with van der Waals surface area (Å²) in [6, 6.07) is 8.83. The molecule has 2 aromatic carbocycles. The number of hydrogen-bond acceptors (Lipinski definition) is 6. The van der Waals surface area contributed by atoms with Crippen molar-refractivity contribution in [2.75, 3.05) is 12.4 Å². The summed E-state index contributed by atoms with van der Waals surface area (Å²) < 4.78 is 13.9. The van der Waals surface area contributed by atoms with Crippen LogP contribution in [0.15, 0.2) is 42.0 Å². The number of benzene rings is 2. The van der Waals surface area contributed by atoms with Crippen molar-refractivity contribution in [2.24, 2.45) is 0 Å². The van der Waals surface area contributed by atoms with Gasteiger partial charge in [0.15, 0.2) is 0 Å². The Kier molecular flexibility index (Phi) is 8.70. The van der Waals surface area contributed by atoms with Gasteiger partial charge in [-0.1, -0.05) is 64.7 Å². The first kappa shape index (κ1) is 26.9. The van der Waals surface area contributed by atoms with Crippen LogP contribution in [-0.4, -0.2) is 28.7 Å². The monoisotopic (exact) mass is 539 g/mol. The molecule has 1 aliphatic heterocycles. The number of methoxy groups -OCH3 is 1. The molecule has 7 nitrogen and oxygen atoms in total. The Morgan fingerprint density at radius 2 is 1.86 bits per heavy atom. The third kappa shape index (κ3) is 6.48. The van der Waals surface area contributed by atoms with Crippen LogP contribution in [-0.2, 0) is 27.4 Å². The van der Waals surface area contributed by atoms with Crippen molar-refractivity contribution in [3.8, 4) is 11.5 Å². The molecule has 1 aliphatic rings. The summed E-state index contributed by atoms with van der Waals surface area (Å²) in [6.45, 7) is 3.72. The fourth-order valence-electron chi connectivity index (χ4n) is 3.72. The standard InChI is InChI=1S/C25H24Cl3NO6/c1-14(10-12-19(30)35-16-7-5-4-6-8-16)9-11-17-21(29-24(32)25(26,27)28)20-18(13-34-23(20)31)15(2)22(17)33-3/h4-9H,10-13H2,1-3H3,(H,29,32). The van der Waals surface area contributed by atoms with Gasteiger partial charge in [-0.3, -0.25) is 9.59 Å². The van der Waals surface area contributed by atoms with E-state index < -0.39 is 15.7 Å². The molecule has 0 radical (unpaired) electrons. The number of hydrogen-bond donors (Lipinski definition) is 1. The van der Waals surface area contributed by atoms with E-state index in [0.717, 1.165) is 5.57 Å². The number of nitrogens with one attached hydrogen (secondary N) is 1. The predicted molar refractivity (Wildman–Crippen MR) is 135 cm³/mol. The third-order valence-corrected chi connectivity index (χ3v) is 6.04. The molecule has 3 rings (SSSR count). The molecule has 0 atom stereocenters. The van der Waals surface area contributed by atoms with E-state index in [1.807, 2.05) is 19.1 Å². The zero-order valence-electron chi connectivity index (χ0n) is 19.4. The van der Waals surface area contributed by atoms with E-state index >= 15 is 0 Å². The maximum absolute atomic E-state index is 12.5. The molecule has 1 N–H and O–H groups in total. The number of halogens is 3. The Hall–Kier alpha value is -2.74. The van der Waals surface area contributed by atoms with Crippen LogP contribution in [0.3, 0.4) is 0 Å². The van der Waals surface area contributed by atoms with Crippen molar-refractivity contribution in [3.05, 3.63) is 64.2 Å². The number of anilines is 1. The second kappa shape index (κ2) is 11.3. The molecule has 35 heavy (non-hydrogen) atoms. The lowest BCUT2D eigenvalue weighted by Gasteiger charge is -2.21. The van der Waals surface area contributed by atoms with Crippen molar-refractivity contribution in [2.45, 2.75) is 43.5 Å². The molecule has 0 saturated carbocycles. The Bertz CT molecular complexity index is 1170. The Morgan fingerprint density at radius 3 is 2.49 bits per heavy atom. The highest BCUT2D eigenvalue weighted by atomic mass is 35.6. The van der Waals surface area contributed by atoms with Crippen LogP contribution in [0.1, 0.15) is 46.8 Å². The highest BCUT2D eigenvalue weighted by Crippen LogP contribution is 2.42. The van der Waals surface area contributed by atoms with Gasteiger partial charge in [0.2, 0.25) is 0 Å². The zero-order valence-corrected chi connectivity index (χ0v) is 21.6. The molecule has 0 saturated heterocycles. The summed E-state index contributed by atoms with van der Waals surface area (Å²) in [5.41, 5.74) is 3.12. The van der Waals surface area contributed by atoms with Crippen molar-refractivity contribution in [1.29, 1.82) is 0 Å². The molecule has 1 amide bonds. The molecule has 1 heterocycles. The van der Waals surface area contributed by atoms with Crippen LogP contribution >= 0.6 is 34.8 Å². The lowest BCUT2D eigenvalue weighted by molar-refractivity contribution is -0.134. The van der Waals surface area contributed by atoms with Crippen molar-refractivity contribution in [1.82, 2.24) is 0 Å². The van der Waals surface area contributed by atoms with E-state index in [0.29, 0.717) is 34.6 Å². The summed E-state index contributed by atoms with van der Waals surface area (Å²) in [5, 5.41) is 2.57. The highest BCUT2D eigenvalue weighted by molar-refractivity contribution is 6.76. The van der Waals surface area contributed by atoms with Crippen LogP contribution < -0.4 is 14.8 Å². The molecule has 0 aliphatic carbocycles. The largest absolute Gasteiger partial charge is 0.496 e. The number of allylic oxidation sites excluding steroid dienone is 2. The number of carbonyl (C=O) groups excluding carboxylic acids is 3. The quantitative estimate of drug-likeness (QED) is 0.195. The van der Waals surface area contributed by atoms with E-state index in [9.17, 15) is 14.4 Å². The van der Waals surface area contributed by atoms with Crippen LogP contribution in [0.25, 0.3) is 0 Å². The molecule has 0 aromatic heterocycles. The first-order valence-corrected chi connectivity index (χ1v) is 11.8. The van der Waals surface area contributed by atoms with Crippen LogP contribution in [0.4, 0.5) is 5.69 Å². The molecule has 10 heteroatoms. The summed E-state index contributed by atoms with van der Waals surface area (Å²) in [5.74, 6) is -0.891. The topological polar surface area (TPSA) is 90.9 Å². The number of esters is 2. The first-order valence-electron chi connectivity index (χ1n) is 10.7. The molecule has 0 bridgehead atoms. The minimum atomic E-state index is -2.24. The first-order chi connectivity index (χ1) is 16.5. The molecular weight excluding hydrogens is 517 g/mol. The smallest absolute Gasteiger partial charge is 0.341 e. The maximum Gasteiger partial charge on any atom is 0.341 e. The average molecular weight is 541 g/mol. The number of fused-ring (bicyclic) bond motifs is 1. The van der Waals surface area contributed by atoms with Crippen LogP contribution in [0.5, 0.6) is 11.5 Å². The Morgan fingerprint density at radius 1 is 1.17 bits per heavy atom. The van der Waals surface area contributed by atoms with E-state index in [2.05, 4.69) is 5.32 Å². The fourth-order valence-corrected chi connectivity index (χ4v) is 3.87. The van der Waals surface area contributed by atoms with Gasteiger partial charge in [0.1, 0.15) is 18.1 Å². The zero-order chi connectivity index (χ0) is 25.8. The van der Waals surface area contributed by atoms with Gasteiger partial charge < -0.3 is 19.5 Å². The Balaban J connectivity index is 1.85. The van der Waals surface area contributed by atoms with E-state index in [1.54, 1.807) is 31.2 Å². The number of ether oxygens (including phenoxy) is 3. The second-order valence-electron chi connectivity index (χ2n) is 7.94. The van der Waals surface area contributed by atoms with E-state index in [4.69, 9.17) is 49.0 Å². The number of para-hydroxylation sites is 1. The summed E-state index contributed by atoms with van der Waals surface area (Å²) in [6.07, 6.45) is 2.79. The van der Waals surface area contributed by atoms with E-state index in [1.165, 1.54) is 7.11 Å². The number of alkyl halides is 3. The number of carbonyl (C=O) groups is 3. The fraction of sp³-hybridized carbons (Fsp3) is 0.320. The molecule has 186 valence electrons. The van der Waals surface area contributed by atoms with Gasteiger partial charge in [-0.25, -0.2) is 4.79 Å². The summed E-state index contributed by atoms with van der Waals surface area (Å²) >= 11 is 17.3. The van der Waals surface area contributed by atoms with Gasteiger partial charge in [0.05, 0.1) is 18.4 Å². The number of cyclic esters (lactones) is 1. The normalized spacial score (nSPS) is 13.2. The van der Waals surface area contributed by atoms with Gasteiger partial charge in [-0.05, 0) is 44.4 Å². The molecular formula is C25H24Cl3NO6. The molecule has 2 aromatic rings. The average Bonchev–Trinajstić information content (AvgIpc) is 3.20. The second-order valence-corrected chi connectivity index (χ2v) is 10.2. The highest BCUT2D eigenvalue weighted by Gasteiger charge is 2.36. The van der Waals surface area contributed by atoms with Gasteiger partial charge >= 0.3 is 11.9 Å². The number of rotatable bonds is 8. The third-order valence-electron chi connectivity index (χ3n) is 5.53. The minimum absolute atomic E-state index is 0.0473. The van der Waals surface area contributed by atoms with Gasteiger partial charge in [-0.15, -0.1) is 0 Å². The van der Waals surface area contributed by atoms with Crippen molar-refractivity contribution < 1.29 is 28.6 Å². The predicted octanol–water partition coefficient (Wildman–Crippen LogP) is 5.86. The van der Waals surface area contributed by atoms with Crippen molar-refractivity contribution in [3.63, 3.8) is 0 Å². The lowest BCUT2D eigenvalue weighted by atomic mass is 9.93. The molecule has 0 unspecified atom stereocenters. The van der Waals surface area contributed by atoms with Gasteiger partial charge in [-0.2, -0.15) is 0 Å². The Labute approximate surface area is 218 Å². The lowest BCUT2D eigenvalue weighted by Crippen LogP contribution is -2.28. The van der Waals surface area contributed by atoms with Crippen molar-refractivity contribution >= 4 is 58.3 Å².